The molecule has 0 N–H and O–H groups in total. The summed E-state index contributed by atoms with van der Waals surface area (Å²) in [5.41, 5.74) is 0. The summed E-state index contributed by atoms with van der Waals surface area (Å²) in [6.45, 7) is -1.02. The SMILES string of the molecule is FC1CCN(F)C(F)(F)C1(F)F. The molecule has 1 heterocycles. The Labute approximate surface area is 63.9 Å². The van der Waals surface area contributed by atoms with Gasteiger partial charge in [-0.3, -0.25) is 0 Å². The summed E-state index contributed by atoms with van der Waals surface area (Å²) >= 11 is 0. The molecule has 7 heteroatoms. The van der Waals surface area contributed by atoms with Crippen LogP contribution >= 0.6 is 0 Å². The Morgan fingerprint density at radius 1 is 1.17 bits per heavy atom. The zero-order valence-corrected chi connectivity index (χ0v) is 5.71. The molecule has 1 aliphatic heterocycles. The molecule has 0 radical (unpaired) electrons. The van der Waals surface area contributed by atoms with Crippen molar-refractivity contribution in [1.29, 1.82) is 0 Å². The van der Waals surface area contributed by atoms with Gasteiger partial charge in [-0.2, -0.15) is 17.6 Å². The van der Waals surface area contributed by atoms with E-state index in [2.05, 4.69) is 0 Å². The monoisotopic (exact) mass is 193 g/mol. The maximum Gasteiger partial charge on any atom is 0.395 e. The lowest BCUT2D eigenvalue weighted by atomic mass is 10.0. The molecule has 72 valence electrons. The van der Waals surface area contributed by atoms with Gasteiger partial charge < -0.3 is 0 Å². The van der Waals surface area contributed by atoms with E-state index in [0.29, 0.717) is 0 Å². The largest absolute Gasteiger partial charge is 0.395 e. The van der Waals surface area contributed by atoms with E-state index >= 15 is 0 Å². The summed E-state index contributed by atoms with van der Waals surface area (Å²) < 4.78 is 73.1. The highest BCUT2D eigenvalue weighted by Crippen LogP contribution is 2.45. The lowest BCUT2D eigenvalue weighted by Gasteiger charge is -2.36. The van der Waals surface area contributed by atoms with E-state index in [1.807, 2.05) is 0 Å². The minimum atomic E-state index is -5.04. The van der Waals surface area contributed by atoms with Crippen LogP contribution in [0.5, 0.6) is 0 Å². The quantitative estimate of drug-likeness (QED) is 0.323. The molecule has 12 heavy (non-hydrogen) atoms. The fourth-order valence-corrected chi connectivity index (χ4v) is 0.899. The third-order valence-corrected chi connectivity index (χ3v) is 1.68. The molecule has 0 amide bonds. The lowest BCUT2D eigenvalue weighted by molar-refractivity contribution is -0.368. The van der Waals surface area contributed by atoms with Crippen molar-refractivity contribution < 1.29 is 26.4 Å². The van der Waals surface area contributed by atoms with E-state index in [9.17, 15) is 26.4 Å². The number of rotatable bonds is 0. The molecule has 0 bridgehead atoms. The molecule has 0 spiro atoms. The molecule has 0 aliphatic carbocycles. The average Bonchev–Trinajstić information content (AvgIpc) is 1.96. The summed E-state index contributed by atoms with van der Waals surface area (Å²) in [7, 11) is 0. The third kappa shape index (κ3) is 1.07. The molecule has 0 aromatic heterocycles. The average molecular weight is 193 g/mol. The van der Waals surface area contributed by atoms with Crippen molar-refractivity contribution in [3.05, 3.63) is 0 Å². The number of alkyl halides is 5. The summed E-state index contributed by atoms with van der Waals surface area (Å²) in [6, 6.07) is -5.04. The summed E-state index contributed by atoms with van der Waals surface area (Å²) in [6.07, 6.45) is -3.92. The Balaban J connectivity index is 2.92. The zero-order valence-electron chi connectivity index (χ0n) is 5.71. The van der Waals surface area contributed by atoms with Gasteiger partial charge in [-0.25, -0.2) is 4.39 Å². The van der Waals surface area contributed by atoms with Crippen LogP contribution < -0.4 is 0 Å². The first-order chi connectivity index (χ1) is 5.30. The van der Waals surface area contributed by atoms with Crippen LogP contribution in [0.4, 0.5) is 26.4 Å². The second-order valence-corrected chi connectivity index (χ2v) is 2.51. The van der Waals surface area contributed by atoms with E-state index in [-0.39, 0.29) is 0 Å². The van der Waals surface area contributed by atoms with Gasteiger partial charge in [-0.05, 0) is 0 Å². The summed E-state index contributed by atoms with van der Waals surface area (Å²) in [5, 5.41) is -1.33. The van der Waals surface area contributed by atoms with Crippen LogP contribution in [-0.4, -0.2) is 29.8 Å². The Kier molecular flexibility index (Phi) is 2.02. The van der Waals surface area contributed by atoms with Gasteiger partial charge in [0.2, 0.25) is 0 Å². The van der Waals surface area contributed by atoms with E-state index in [4.69, 9.17) is 0 Å². The van der Waals surface area contributed by atoms with Crippen molar-refractivity contribution in [2.24, 2.45) is 0 Å². The highest BCUT2D eigenvalue weighted by molar-refractivity contribution is 4.93. The molecular weight excluding hydrogens is 188 g/mol. The van der Waals surface area contributed by atoms with E-state index in [1.165, 1.54) is 0 Å². The van der Waals surface area contributed by atoms with Crippen molar-refractivity contribution in [2.75, 3.05) is 6.54 Å². The molecule has 1 saturated heterocycles. The van der Waals surface area contributed by atoms with Gasteiger partial charge in [0.25, 0.3) is 0 Å². The maximum absolute atomic E-state index is 12.2. The smallest absolute Gasteiger partial charge is 0.240 e. The predicted molar refractivity (Wildman–Crippen MR) is 27.2 cm³/mol. The van der Waals surface area contributed by atoms with Crippen molar-refractivity contribution in [3.8, 4) is 0 Å². The molecular formula is C5H5F6N. The number of hydrogen-bond acceptors (Lipinski definition) is 1. The van der Waals surface area contributed by atoms with Gasteiger partial charge in [0.05, 0.1) is 0 Å². The van der Waals surface area contributed by atoms with Gasteiger partial charge in [0, 0.05) is 13.0 Å². The van der Waals surface area contributed by atoms with Crippen LogP contribution in [0, 0.1) is 0 Å². The van der Waals surface area contributed by atoms with Crippen LogP contribution in [-0.2, 0) is 0 Å². The van der Waals surface area contributed by atoms with Gasteiger partial charge in [0.1, 0.15) is 0 Å². The predicted octanol–water partition coefficient (Wildman–Crippen LogP) is 2.14. The van der Waals surface area contributed by atoms with Gasteiger partial charge in [-0.1, -0.05) is 5.12 Å². The van der Waals surface area contributed by atoms with Crippen LogP contribution in [0.1, 0.15) is 6.42 Å². The van der Waals surface area contributed by atoms with Crippen LogP contribution in [0.15, 0.2) is 0 Å². The normalized spacial score (nSPS) is 35.0. The standard InChI is InChI=1S/C5H5F6N/c6-3-1-2-12(11)5(9,10)4(3,7)8/h3H,1-2H2. The zero-order chi connectivity index (χ0) is 9.57. The van der Waals surface area contributed by atoms with Gasteiger partial charge in [-0.15, -0.1) is 4.48 Å². The molecule has 1 nitrogen and oxygen atoms in total. The highest BCUT2D eigenvalue weighted by Gasteiger charge is 2.68. The Morgan fingerprint density at radius 2 is 1.67 bits per heavy atom. The Hall–Kier alpha value is -0.460. The third-order valence-electron chi connectivity index (χ3n) is 1.68. The van der Waals surface area contributed by atoms with Crippen LogP contribution in [0.3, 0.4) is 0 Å². The highest BCUT2D eigenvalue weighted by atomic mass is 19.3. The molecule has 0 aromatic rings. The first kappa shape index (κ1) is 9.63. The van der Waals surface area contributed by atoms with Gasteiger partial charge in [0.15, 0.2) is 6.17 Å². The summed E-state index contributed by atoms with van der Waals surface area (Å²) in [4.78, 5) is 0. The number of piperidine rings is 1. The Morgan fingerprint density at radius 3 is 2.08 bits per heavy atom. The second-order valence-electron chi connectivity index (χ2n) is 2.51. The number of hydrogen-bond donors (Lipinski definition) is 0. The number of nitrogens with zero attached hydrogens (tertiary/aromatic N) is 1. The van der Waals surface area contributed by atoms with E-state index in [0.717, 1.165) is 0 Å². The van der Waals surface area contributed by atoms with Crippen molar-refractivity contribution in [1.82, 2.24) is 5.12 Å². The second kappa shape index (κ2) is 2.51. The topological polar surface area (TPSA) is 3.24 Å². The van der Waals surface area contributed by atoms with Crippen LogP contribution in [0.25, 0.3) is 0 Å². The lowest BCUT2D eigenvalue weighted by Crippen LogP contribution is -2.60. The van der Waals surface area contributed by atoms with E-state index < -0.39 is 36.2 Å². The fourth-order valence-electron chi connectivity index (χ4n) is 0.899. The first-order valence-electron chi connectivity index (χ1n) is 3.13. The van der Waals surface area contributed by atoms with Crippen LogP contribution in [0.2, 0.25) is 0 Å². The molecule has 1 aliphatic rings. The minimum Gasteiger partial charge on any atom is -0.240 e. The maximum atomic E-state index is 12.2. The molecule has 1 atom stereocenters. The van der Waals surface area contributed by atoms with Crippen molar-refractivity contribution in [2.45, 2.75) is 24.6 Å². The minimum absolute atomic E-state index is 0.931. The fraction of sp³-hybridized carbons (Fsp3) is 1.00. The molecule has 0 saturated carbocycles. The van der Waals surface area contributed by atoms with Gasteiger partial charge >= 0.3 is 12.0 Å². The molecule has 0 aromatic carbocycles. The number of halogens is 6. The van der Waals surface area contributed by atoms with Crippen molar-refractivity contribution in [3.63, 3.8) is 0 Å². The molecule has 1 fully saturated rings. The van der Waals surface area contributed by atoms with Crippen molar-refractivity contribution >= 4 is 0 Å². The Bertz CT molecular complexity index is 161. The molecule has 1 unspecified atom stereocenters. The van der Waals surface area contributed by atoms with E-state index in [1.54, 1.807) is 0 Å². The summed E-state index contributed by atoms with van der Waals surface area (Å²) in [5.74, 6) is -4.94. The molecule has 1 rings (SSSR count). The first-order valence-corrected chi connectivity index (χ1v) is 3.13.